The molecule has 0 amide bonds. The molecular weight excluding hydrogens is 292 g/mol. The molecule has 0 spiro atoms. The van der Waals surface area contributed by atoms with Crippen molar-refractivity contribution in [1.29, 1.82) is 10.9 Å². The number of carboxylic acid groups (broad SMARTS) is 1. The number of carboxylic acids is 1. The lowest BCUT2D eigenvalue weighted by Gasteiger charge is -2.15. The molecule has 0 saturated heterocycles. The zero-order valence-electron chi connectivity index (χ0n) is 12.5. The van der Waals surface area contributed by atoms with Gasteiger partial charge in [-0.25, -0.2) is 10.3 Å². The van der Waals surface area contributed by atoms with Crippen LogP contribution >= 0.6 is 0 Å². The van der Waals surface area contributed by atoms with Crippen LogP contribution in [0.4, 0.5) is 0 Å². The number of aliphatic carboxylic acids is 1. The second-order valence-electron chi connectivity index (χ2n) is 5.09. The number of amidine groups is 1. The number of rotatable bonds is 6. The van der Waals surface area contributed by atoms with E-state index in [2.05, 4.69) is 10.4 Å². The monoisotopic (exact) mass is 310 g/mol. The summed E-state index contributed by atoms with van der Waals surface area (Å²) in [6.07, 6.45) is 8.12. The molecule has 0 fully saturated rings. The Labute approximate surface area is 134 Å². The summed E-state index contributed by atoms with van der Waals surface area (Å²) in [5.74, 6) is -0.993. The van der Waals surface area contributed by atoms with E-state index in [-0.39, 0.29) is 5.84 Å². The fourth-order valence-corrected chi connectivity index (χ4v) is 2.20. The van der Waals surface area contributed by atoms with Crippen molar-refractivity contribution in [3.05, 3.63) is 64.9 Å². The van der Waals surface area contributed by atoms with Crippen molar-refractivity contribution in [3.8, 4) is 0 Å². The lowest BCUT2D eigenvalue weighted by molar-refractivity contribution is -0.131. The van der Waals surface area contributed by atoms with Crippen LogP contribution in [0.1, 0.15) is 24.0 Å². The number of allylic oxidation sites excluding steroid dienone is 2. The average molecular weight is 310 g/mol. The molecule has 1 aliphatic carbocycles. The number of carbonyl (C=O) groups is 1. The fourth-order valence-electron chi connectivity index (χ4n) is 2.20. The fraction of sp³-hybridized carbons (Fsp3) is 0.176. The van der Waals surface area contributed by atoms with E-state index in [0.717, 1.165) is 35.7 Å². The van der Waals surface area contributed by atoms with Gasteiger partial charge in [0.1, 0.15) is 0 Å². The third-order valence-corrected chi connectivity index (χ3v) is 3.41. The minimum atomic E-state index is -0.964. The Balaban J connectivity index is 1.94. The molecular formula is C17H18N4O2. The molecule has 0 radical (unpaired) electrons. The maximum atomic E-state index is 10.5. The van der Waals surface area contributed by atoms with Gasteiger partial charge < -0.3 is 10.4 Å². The maximum absolute atomic E-state index is 10.5. The van der Waals surface area contributed by atoms with E-state index in [1.807, 2.05) is 36.4 Å². The zero-order chi connectivity index (χ0) is 16.7. The van der Waals surface area contributed by atoms with E-state index >= 15 is 0 Å². The van der Waals surface area contributed by atoms with Gasteiger partial charge in [-0.1, -0.05) is 30.3 Å². The molecule has 23 heavy (non-hydrogen) atoms. The molecule has 2 rings (SSSR count). The topological polar surface area (TPSA) is 109 Å². The highest BCUT2D eigenvalue weighted by Gasteiger charge is 2.08. The summed E-state index contributed by atoms with van der Waals surface area (Å²) in [6.45, 7) is 0.646. The van der Waals surface area contributed by atoms with Gasteiger partial charge in [0, 0.05) is 23.9 Å². The Morgan fingerprint density at radius 3 is 2.74 bits per heavy atom. The van der Waals surface area contributed by atoms with Crippen LogP contribution in [0.3, 0.4) is 0 Å². The van der Waals surface area contributed by atoms with E-state index in [4.69, 9.17) is 16.0 Å². The summed E-state index contributed by atoms with van der Waals surface area (Å²) in [5.41, 5.74) is 10.5. The molecule has 118 valence electrons. The third kappa shape index (κ3) is 5.03. The largest absolute Gasteiger partial charge is 0.478 e. The van der Waals surface area contributed by atoms with Crippen LogP contribution in [0.2, 0.25) is 0 Å². The van der Waals surface area contributed by atoms with E-state index in [1.165, 1.54) is 0 Å². The van der Waals surface area contributed by atoms with Crippen LogP contribution in [0.25, 0.3) is 6.08 Å². The van der Waals surface area contributed by atoms with Gasteiger partial charge in [-0.15, -0.1) is 5.11 Å². The Hall–Kier alpha value is -3.02. The normalized spacial score (nSPS) is 14.1. The third-order valence-electron chi connectivity index (χ3n) is 3.41. The summed E-state index contributed by atoms with van der Waals surface area (Å²) >= 11 is 0. The quantitative estimate of drug-likeness (QED) is 0.279. The van der Waals surface area contributed by atoms with Gasteiger partial charge in [0.25, 0.3) is 0 Å². The van der Waals surface area contributed by atoms with Crippen LogP contribution in [-0.2, 0) is 11.3 Å². The van der Waals surface area contributed by atoms with Crippen LogP contribution in [0.5, 0.6) is 0 Å². The first kappa shape index (κ1) is 16.4. The number of nitrogens with zero attached hydrogens (tertiary/aromatic N) is 1. The number of hydrogen-bond acceptors (Lipinski definition) is 4. The Morgan fingerprint density at radius 2 is 2.09 bits per heavy atom. The molecule has 0 heterocycles. The van der Waals surface area contributed by atoms with Gasteiger partial charge in [-0.2, -0.15) is 0 Å². The lowest BCUT2D eigenvalue weighted by atomic mass is 10.0. The number of nitrogens with one attached hydrogen (secondary N) is 3. The first-order valence-corrected chi connectivity index (χ1v) is 7.19. The van der Waals surface area contributed by atoms with Crippen LogP contribution in [0, 0.1) is 10.9 Å². The van der Waals surface area contributed by atoms with Crippen LogP contribution < -0.4 is 5.32 Å². The minimum Gasteiger partial charge on any atom is -0.478 e. The molecule has 6 heteroatoms. The highest BCUT2D eigenvalue weighted by atomic mass is 16.4. The number of hydrogen-bond donors (Lipinski definition) is 4. The lowest BCUT2D eigenvalue weighted by Crippen LogP contribution is -2.15. The van der Waals surface area contributed by atoms with E-state index in [0.29, 0.717) is 12.1 Å². The van der Waals surface area contributed by atoms with Crippen molar-refractivity contribution < 1.29 is 9.90 Å². The Bertz CT molecular complexity index is 700. The van der Waals surface area contributed by atoms with Crippen molar-refractivity contribution in [2.75, 3.05) is 0 Å². The summed E-state index contributed by atoms with van der Waals surface area (Å²) in [7, 11) is 0. The average Bonchev–Trinajstić information content (AvgIpc) is 2.58. The summed E-state index contributed by atoms with van der Waals surface area (Å²) < 4.78 is 0. The molecule has 0 saturated carbocycles. The summed E-state index contributed by atoms with van der Waals surface area (Å²) in [6, 6.07) is 7.61. The predicted octanol–water partition coefficient (Wildman–Crippen LogP) is 3.49. The van der Waals surface area contributed by atoms with Crippen LogP contribution in [-0.4, -0.2) is 16.9 Å². The standard InChI is InChI=1S/C17H18N4O2/c18-17(21-19)14-2-1-3-15(10-14)20-11-13-6-4-12(5-7-13)8-9-16(22)23/h2,4-10,18-20H,1,3,11H2,(H,22,23)/b9-8+,18-17?,21-19?. The highest BCUT2D eigenvalue weighted by Crippen LogP contribution is 2.17. The molecule has 0 unspecified atom stereocenters. The van der Waals surface area contributed by atoms with E-state index in [9.17, 15) is 4.79 Å². The molecule has 6 nitrogen and oxygen atoms in total. The zero-order valence-corrected chi connectivity index (χ0v) is 12.5. The van der Waals surface area contributed by atoms with Crippen molar-refractivity contribution in [1.82, 2.24) is 5.32 Å². The first-order chi connectivity index (χ1) is 11.1. The SMILES string of the molecule is N=NC(=N)C1=CCCC(NCc2ccc(/C=C/C(=O)O)cc2)=C1. The summed E-state index contributed by atoms with van der Waals surface area (Å²) in [5, 5.41) is 22.6. The van der Waals surface area contributed by atoms with Crippen molar-refractivity contribution in [2.24, 2.45) is 5.11 Å². The molecule has 0 bridgehead atoms. The molecule has 0 aliphatic heterocycles. The number of benzene rings is 1. The minimum absolute atomic E-state index is 0.0291. The molecule has 1 aromatic carbocycles. The van der Waals surface area contributed by atoms with E-state index in [1.54, 1.807) is 6.08 Å². The van der Waals surface area contributed by atoms with Gasteiger partial charge in [0.2, 0.25) is 0 Å². The molecule has 0 atom stereocenters. The van der Waals surface area contributed by atoms with Gasteiger partial charge in [-0.05, 0) is 36.1 Å². The van der Waals surface area contributed by atoms with Crippen molar-refractivity contribution in [3.63, 3.8) is 0 Å². The molecule has 0 aromatic heterocycles. The van der Waals surface area contributed by atoms with E-state index < -0.39 is 5.97 Å². The van der Waals surface area contributed by atoms with Crippen molar-refractivity contribution in [2.45, 2.75) is 19.4 Å². The van der Waals surface area contributed by atoms with Crippen molar-refractivity contribution >= 4 is 17.9 Å². The summed E-state index contributed by atoms with van der Waals surface area (Å²) in [4.78, 5) is 10.5. The Kier molecular flexibility index (Phi) is 5.57. The second kappa shape index (κ2) is 7.84. The molecule has 4 N–H and O–H groups in total. The van der Waals surface area contributed by atoms with Gasteiger partial charge in [0.05, 0.1) is 0 Å². The molecule has 1 aromatic rings. The van der Waals surface area contributed by atoms with Gasteiger partial charge in [-0.3, -0.25) is 5.41 Å². The smallest absolute Gasteiger partial charge is 0.328 e. The highest BCUT2D eigenvalue weighted by molar-refractivity contribution is 5.98. The van der Waals surface area contributed by atoms with Gasteiger partial charge >= 0.3 is 5.97 Å². The predicted molar refractivity (Wildman–Crippen MR) is 88.2 cm³/mol. The first-order valence-electron chi connectivity index (χ1n) is 7.19. The van der Waals surface area contributed by atoms with Crippen LogP contribution in [0.15, 0.2) is 58.9 Å². The second-order valence-corrected chi connectivity index (χ2v) is 5.09. The maximum Gasteiger partial charge on any atom is 0.328 e. The molecule has 1 aliphatic rings. The van der Waals surface area contributed by atoms with Gasteiger partial charge in [0.15, 0.2) is 5.84 Å². The Morgan fingerprint density at radius 1 is 1.35 bits per heavy atom.